The first-order valence-electron chi connectivity index (χ1n) is 9.30. The van der Waals surface area contributed by atoms with Crippen molar-refractivity contribution in [3.8, 4) is 0 Å². The second-order valence-corrected chi connectivity index (χ2v) is 7.33. The number of nitrogens with one attached hydrogen (secondary N) is 1. The van der Waals surface area contributed by atoms with Gasteiger partial charge in [0.1, 0.15) is 0 Å². The van der Waals surface area contributed by atoms with Crippen molar-refractivity contribution in [2.75, 3.05) is 5.73 Å². The van der Waals surface area contributed by atoms with E-state index in [4.69, 9.17) is 5.73 Å². The molecule has 3 atom stereocenters. The maximum Gasteiger partial charge on any atom is 0.0314 e. The molecule has 2 heteroatoms. The molecule has 0 amide bonds. The molecule has 1 saturated carbocycles. The Morgan fingerprint density at radius 2 is 1.68 bits per heavy atom. The van der Waals surface area contributed by atoms with E-state index in [1.807, 2.05) is 12.1 Å². The number of fused-ring (bicyclic) bond motifs is 1. The summed E-state index contributed by atoms with van der Waals surface area (Å²) in [5.41, 5.74) is 9.49. The Balaban J connectivity index is 1.46. The maximum atomic E-state index is 5.82. The third-order valence-corrected chi connectivity index (χ3v) is 5.62. The van der Waals surface area contributed by atoms with Gasteiger partial charge in [-0.05, 0) is 66.1 Å². The van der Waals surface area contributed by atoms with Crippen LogP contribution >= 0.6 is 0 Å². The summed E-state index contributed by atoms with van der Waals surface area (Å²) in [5, 5.41) is 6.55. The molecule has 1 aliphatic carbocycles. The fourth-order valence-electron chi connectivity index (χ4n) is 4.28. The summed E-state index contributed by atoms with van der Waals surface area (Å²) >= 11 is 0. The highest BCUT2D eigenvalue weighted by Gasteiger charge is 2.27. The third-order valence-electron chi connectivity index (χ3n) is 5.62. The number of hydrogen-bond donors (Lipinski definition) is 2. The molecule has 0 unspecified atom stereocenters. The van der Waals surface area contributed by atoms with E-state index in [-0.39, 0.29) is 0 Å². The SMILES string of the molecule is C[C@@H](N[C@H]1CC[C@@H](c2ccc(N)cc2)C1)c1cccc2ccccc12. The van der Waals surface area contributed by atoms with Gasteiger partial charge in [0.05, 0.1) is 0 Å². The number of anilines is 1. The van der Waals surface area contributed by atoms with Crippen LogP contribution in [0.2, 0.25) is 0 Å². The Morgan fingerprint density at radius 3 is 2.52 bits per heavy atom. The first-order valence-corrected chi connectivity index (χ1v) is 9.30. The molecule has 2 nitrogen and oxygen atoms in total. The summed E-state index contributed by atoms with van der Waals surface area (Å²) in [5.74, 6) is 0.651. The lowest BCUT2D eigenvalue weighted by atomic mass is 9.96. The van der Waals surface area contributed by atoms with Gasteiger partial charge in [-0.15, -0.1) is 0 Å². The van der Waals surface area contributed by atoms with Crippen LogP contribution in [-0.2, 0) is 0 Å². The Hall–Kier alpha value is -2.32. The van der Waals surface area contributed by atoms with E-state index in [1.165, 1.54) is 41.2 Å². The van der Waals surface area contributed by atoms with E-state index in [0.717, 1.165) is 5.69 Å². The van der Waals surface area contributed by atoms with Crippen LogP contribution in [-0.4, -0.2) is 6.04 Å². The number of nitrogens with two attached hydrogens (primary N) is 1. The topological polar surface area (TPSA) is 38.0 Å². The predicted molar refractivity (Wildman–Crippen MR) is 107 cm³/mol. The molecule has 0 radical (unpaired) electrons. The average molecular weight is 330 g/mol. The van der Waals surface area contributed by atoms with Crippen molar-refractivity contribution in [2.24, 2.45) is 0 Å². The van der Waals surface area contributed by atoms with Crippen LogP contribution in [0.25, 0.3) is 10.8 Å². The molecule has 3 N–H and O–H groups in total. The molecule has 0 spiro atoms. The zero-order valence-corrected chi connectivity index (χ0v) is 14.8. The fraction of sp³-hybridized carbons (Fsp3) is 0.304. The van der Waals surface area contributed by atoms with Crippen molar-refractivity contribution >= 4 is 16.5 Å². The molecule has 0 aliphatic heterocycles. The maximum absolute atomic E-state index is 5.82. The summed E-state index contributed by atoms with van der Waals surface area (Å²) in [6, 6.07) is 24.7. The number of benzene rings is 3. The van der Waals surface area contributed by atoms with E-state index in [9.17, 15) is 0 Å². The Bertz CT molecular complexity index is 848. The highest BCUT2D eigenvalue weighted by atomic mass is 14.9. The van der Waals surface area contributed by atoms with Crippen LogP contribution in [0.4, 0.5) is 5.69 Å². The Morgan fingerprint density at radius 1 is 0.920 bits per heavy atom. The average Bonchev–Trinajstić information content (AvgIpc) is 3.10. The molecule has 3 aromatic rings. The summed E-state index contributed by atoms with van der Waals surface area (Å²) in [6.45, 7) is 2.29. The third kappa shape index (κ3) is 3.40. The minimum Gasteiger partial charge on any atom is -0.399 e. The quantitative estimate of drug-likeness (QED) is 0.628. The van der Waals surface area contributed by atoms with Gasteiger partial charge >= 0.3 is 0 Å². The molecule has 1 fully saturated rings. The molecule has 4 rings (SSSR count). The standard InChI is InChI=1S/C23H26N2/c1-16(22-8-4-6-18-5-2-3-7-23(18)22)25-21-14-11-19(15-21)17-9-12-20(24)13-10-17/h2-10,12-13,16,19,21,25H,11,14-15,24H2,1H3/t16-,19-,21+/m1/s1. The second kappa shape index (κ2) is 6.89. The summed E-state index contributed by atoms with van der Waals surface area (Å²) in [4.78, 5) is 0. The van der Waals surface area contributed by atoms with Gasteiger partial charge in [0.15, 0.2) is 0 Å². The van der Waals surface area contributed by atoms with Gasteiger partial charge in [-0.2, -0.15) is 0 Å². The van der Waals surface area contributed by atoms with E-state index in [2.05, 4.69) is 66.8 Å². The molecule has 3 aromatic carbocycles. The normalized spacial score (nSPS) is 21.5. The van der Waals surface area contributed by atoms with Crippen molar-refractivity contribution in [1.29, 1.82) is 0 Å². The first kappa shape index (κ1) is 16.2. The van der Waals surface area contributed by atoms with Crippen LogP contribution in [0.1, 0.15) is 49.3 Å². The lowest BCUT2D eigenvalue weighted by Gasteiger charge is -2.21. The van der Waals surface area contributed by atoms with Crippen LogP contribution in [0.5, 0.6) is 0 Å². The monoisotopic (exact) mass is 330 g/mol. The summed E-state index contributed by atoms with van der Waals surface area (Å²) in [6.07, 6.45) is 3.70. The molecular formula is C23H26N2. The van der Waals surface area contributed by atoms with E-state index < -0.39 is 0 Å². The summed E-state index contributed by atoms with van der Waals surface area (Å²) < 4.78 is 0. The van der Waals surface area contributed by atoms with Gasteiger partial charge in [0.2, 0.25) is 0 Å². The molecule has 1 aliphatic rings. The number of nitrogen functional groups attached to an aromatic ring is 1. The molecule has 0 saturated heterocycles. The minimum absolute atomic E-state index is 0.362. The minimum atomic E-state index is 0.362. The Kier molecular flexibility index (Phi) is 4.46. The molecule has 128 valence electrons. The second-order valence-electron chi connectivity index (χ2n) is 7.33. The highest BCUT2D eigenvalue weighted by molar-refractivity contribution is 5.86. The van der Waals surface area contributed by atoms with Crippen LogP contribution in [0.15, 0.2) is 66.7 Å². The Labute approximate surface area is 150 Å². The van der Waals surface area contributed by atoms with E-state index >= 15 is 0 Å². The molecule has 25 heavy (non-hydrogen) atoms. The zero-order chi connectivity index (χ0) is 17.2. The zero-order valence-electron chi connectivity index (χ0n) is 14.8. The smallest absolute Gasteiger partial charge is 0.0314 e. The molecule has 0 heterocycles. The van der Waals surface area contributed by atoms with Gasteiger partial charge < -0.3 is 11.1 Å². The van der Waals surface area contributed by atoms with Crippen molar-refractivity contribution in [1.82, 2.24) is 5.32 Å². The first-order chi connectivity index (χ1) is 12.2. The van der Waals surface area contributed by atoms with E-state index in [0.29, 0.717) is 18.0 Å². The van der Waals surface area contributed by atoms with E-state index in [1.54, 1.807) is 0 Å². The molecular weight excluding hydrogens is 304 g/mol. The lowest BCUT2D eigenvalue weighted by Crippen LogP contribution is -2.29. The number of hydrogen-bond acceptors (Lipinski definition) is 2. The van der Waals surface area contributed by atoms with Gasteiger partial charge in [0.25, 0.3) is 0 Å². The highest BCUT2D eigenvalue weighted by Crippen LogP contribution is 2.36. The van der Waals surface area contributed by atoms with Crippen molar-refractivity contribution in [3.63, 3.8) is 0 Å². The number of rotatable bonds is 4. The molecule has 0 aromatic heterocycles. The van der Waals surface area contributed by atoms with Gasteiger partial charge in [-0.25, -0.2) is 0 Å². The van der Waals surface area contributed by atoms with Crippen molar-refractivity contribution in [3.05, 3.63) is 77.9 Å². The van der Waals surface area contributed by atoms with Crippen LogP contribution in [0.3, 0.4) is 0 Å². The predicted octanol–water partition coefficient (Wildman–Crippen LogP) is 5.41. The van der Waals surface area contributed by atoms with Crippen molar-refractivity contribution in [2.45, 2.75) is 44.2 Å². The van der Waals surface area contributed by atoms with Gasteiger partial charge in [-0.1, -0.05) is 54.6 Å². The summed E-state index contributed by atoms with van der Waals surface area (Å²) in [7, 11) is 0. The molecule has 0 bridgehead atoms. The van der Waals surface area contributed by atoms with Crippen LogP contribution in [0, 0.1) is 0 Å². The largest absolute Gasteiger partial charge is 0.399 e. The lowest BCUT2D eigenvalue weighted by molar-refractivity contribution is 0.459. The fourth-order valence-corrected chi connectivity index (χ4v) is 4.28. The van der Waals surface area contributed by atoms with Crippen LogP contribution < -0.4 is 11.1 Å². The van der Waals surface area contributed by atoms with Gasteiger partial charge in [-0.3, -0.25) is 0 Å². The van der Waals surface area contributed by atoms with Gasteiger partial charge in [0, 0.05) is 17.8 Å². The van der Waals surface area contributed by atoms with Crippen molar-refractivity contribution < 1.29 is 0 Å².